The van der Waals surface area contributed by atoms with E-state index in [1.54, 1.807) is 6.34 Å². The normalized spacial score (nSPS) is 22.5. The minimum Gasteiger partial charge on any atom is -0.443 e. The van der Waals surface area contributed by atoms with E-state index >= 15 is 0 Å². The first-order valence-electron chi connectivity index (χ1n) is 9.37. The van der Waals surface area contributed by atoms with Crippen molar-refractivity contribution >= 4 is 46.8 Å². The van der Waals surface area contributed by atoms with E-state index in [0.29, 0.717) is 28.5 Å². The summed E-state index contributed by atoms with van der Waals surface area (Å²) >= 11 is 14.2. The average molecular weight is 451 g/mol. The van der Waals surface area contributed by atoms with Crippen LogP contribution >= 0.6 is 34.7 Å². The van der Waals surface area contributed by atoms with Crippen molar-refractivity contribution in [3.63, 3.8) is 0 Å². The van der Waals surface area contributed by atoms with Crippen LogP contribution in [0.4, 0.5) is 5.69 Å². The molecular weight excluding hydrogens is 427 g/mol. The first-order chi connectivity index (χ1) is 13.6. The molecule has 3 rings (SSSR count). The van der Waals surface area contributed by atoms with Gasteiger partial charge in [0.05, 0.1) is 23.1 Å². The van der Waals surface area contributed by atoms with Crippen molar-refractivity contribution in [3.8, 4) is 16.9 Å². The molecule has 0 saturated heterocycles. The van der Waals surface area contributed by atoms with Gasteiger partial charge < -0.3 is 9.64 Å². The fourth-order valence-electron chi connectivity index (χ4n) is 3.76. The monoisotopic (exact) mass is 450 g/mol. The van der Waals surface area contributed by atoms with Gasteiger partial charge in [0.2, 0.25) is 5.06 Å². The molecule has 8 heteroatoms. The molecule has 29 heavy (non-hydrogen) atoms. The summed E-state index contributed by atoms with van der Waals surface area (Å²) < 4.78 is 9.76. The Kier molecular flexibility index (Phi) is 5.88. The highest BCUT2D eigenvalue weighted by atomic mass is 35.5. The van der Waals surface area contributed by atoms with Gasteiger partial charge in [0, 0.05) is 31.5 Å². The van der Waals surface area contributed by atoms with Gasteiger partial charge in [0.1, 0.15) is 21.7 Å². The Morgan fingerprint density at radius 1 is 1.34 bits per heavy atom. The van der Waals surface area contributed by atoms with Crippen LogP contribution in [0.15, 0.2) is 17.1 Å². The first kappa shape index (κ1) is 21.9. The van der Waals surface area contributed by atoms with Gasteiger partial charge in [-0.05, 0) is 43.5 Å². The van der Waals surface area contributed by atoms with Crippen molar-refractivity contribution in [2.45, 2.75) is 43.9 Å². The maximum absolute atomic E-state index is 9.83. The van der Waals surface area contributed by atoms with Crippen molar-refractivity contribution in [1.82, 2.24) is 9.27 Å². The van der Waals surface area contributed by atoms with Gasteiger partial charge in [-0.15, -0.1) is 23.2 Å². The molecule has 0 aliphatic heterocycles. The van der Waals surface area contributed by atoms with Gasteiger partial charge in [0.25, 0.3) is 0 Å². The van der Waals surface area contributed by atoms with Crippen LogP contribution in [0, 0.1) is 31.1 Å². The third kappa shape index (κ3) is 3.50. The number of hydrogen-bond acceptors (Lipinski definition) is 5. The lowest BCUT2D eigenvalue weighted by molar-refractivity contribution is 0.488. The van der Waals surface area contributed by atoms with Gasteiger partial charge in [-0.25, -0.2) is 4.99 Å². The van der Waals surface area contributed by atoms with Crippen LogP contribution < -0.4 is 4.74 Å². The van der Waals surface area contributed by atoms with Gasteiger partial charge in [-0.1, -0.05) is 13.8 Å². The molecule has 0 amide bonds. The highest BCUT2D eigenvalue weighted by Gasteiger charge is 2.75. The Balaban J connectivity index is 1.96. The van der Waals surface area contributed by atoms with Crippen molar-refractivity contribution < 1.29 is 4.74 Å². The second-order valence-electron chi connectivity index (χ2n) is 7.69. The molecule has 1 aromatic carbocycles. The summed E-state index contributed by atoms with van der Waals surface area (Å²) in [4.78, 5) is 6.36. The predicted molar refractivity (Wildman–Crippen MR) is 120 cm³/mol. The van der Waals surface area contributed by atoms with E-state index in [1.165, 1.54) is 11.5 Å². The Morgan fingerprint density at radius 3 is 2.52 bits per heavy atom. The van der Waals surface area contributed by atoms with Crippen molar-refractivity contribution in [1.29, 1.82) is 5.26 Å². The standard InChI is InChI=1S/C21H24Cl2N4OS/c1-7-20(14(4)21(20,22)23)18-15(10-24)19(29-26-18)28-17-9-12(2)16(8-13(17)3)25-11-27(5)6/h8-9,11,14H,7H2,1-6H3. The van der Waals surface area contributed by atoms with E-state index in [9.17, 15) is 5.26 Å². The molecule has 1 aliphatic carbocycles. The summed E-state index contributed by atoms with van der Waals surface area (Å²) in [6, 6.07) is 6.16. The quantitative estimate of drug-likeness (QED) is 0.302. The topological polar surface area (TPSA) is 61.5 Å². The number of aryl methyl sites for hydroxylation is 2. The van der Waals surface area contributed by atoms with Gasteiger partial charge in [-0.2, -0.15) is 9.64 Å². The van der Waals surface area contributed by atoms with Gasteiger partial charge in [-0.3, -0.25) is 0 Å². The summed E-state index contributed by atoms with van der Waals surface area (Å²) in [5.41, 5.74) is 3.32. The number of aliphatic imine (C=N–C) groups is 1. The molecular formula is C21H24Cl2N4OS. The van der Waals surface area contributed by atoms with Crippen LogP contribution in [0.5, 0.6) is 10.8 Å². The molecule has 1 saturated carbocycles. The molecule has 1 fully saturated rings. The van der Waals surface area contributed by atoms with Crippen molar-refractivity contribution in [2.24, 2.45) is 10.9 Å². The van der Waals surface area contributed by atoms with E-state index in [-0.39, 0.29) is 5.92 Å². The lowest BCUT2D eigenvalue weighted by Gasteiger charge is -2.14. The summed E-state index contributed by atoms with van der Waals surface area (Å²) in [5, 5.41) is 10.3. The number of halogens is 2. The third-order valence-corrected chi connectivity index (χ3v) is 7.73. The fraction of sp³-hybridized carbons (Fsp3) is 0.476. The number of hydrogen-bond donors (Lipinski definition) is 0. The second kappa shape index (κ2) is 7.79. The van der Waals surface area contributed by atoms with Crippen LogP contribution in [-0.2, 0) is 5.41 Å². The van der Waals surface area contributed by atoms with Gasteiger partial charge in [0.15, 0.2) is 0 Å². The zero-order valence-electron chi connectivity index (χ0n) is 17.4. The smallest absolute Gasteiger partial charge is 0.218 e. The molecule has 1 aliphatic rings. The maximum Gasteiger partial charge on any atom is 0.218 e. The molecule has 0 N–H and O–H groups in total. The predicted octanol–water partition coefficient (Wildman–Crippen LogP) is 6.12. The lowest BCUT2D eigenvalue weighted by atomic mass is 9.93. The molecule has 1 heterocycles. The Labute approximate surface area is 186 Å². The fourth-order valence-corrected chi connectivity index (χ4v) is 5.59. The molecule has 5 nitrogen and oxygen atoms in total. The van der Waals surface area contributed by atoms with Crippen LogP contribution in [0.25, 0.3) is 0 Å². The van der Waals surface area contributed by atoms with Crippen LogP contribution in [-0.4, -0.2) is 34.0 Å². The second-order valence-corrected chi connectivity index (χ2v) is 9.81. The summed E-state index contributed by atoms with van der Waals surface area (Å²) in [6.07, 6.45) is 2.47. The number of benzene rings is 1. The van der Waals surface area contributed by atoms with E-state index in [4.69, 9.17) is 27.9 Å². The SMILES string of the molecule is CCC1(c2nsc(Oc3cc(C)c(N=CN(C)C)cc3C)c2C#N)C(C)C1(Cl)Cl. The van der Waals surface area contributed by atoms with Gasteiger partial charge >= 0.3 is 0 Å². The Morgan fingerprint density at radius 2 is 2.00 bits per heavy atom. The molecule has 2 unspecified atom stereocenters. The Hall–Kier alpha value is -1.81. The summed E-state index contributed by atoms with van der Waals surface area (Å²) in [5.74, 6) is 0.693. The van der Waals surface area contributed by atoms with E-state index in [0.717, 1.165) is 16.8 Å². The number of alkyl halides is 2. The number of ether oxygens (including phenoxy) is 1. The molecule has 1 aromatic heterocycles. The maximum atomic E-state index is 9.83. The average Bonchev–Trinajstić information content (AvgIpc) is 2.94. The summed E-state index contributed by atoms with van der Waals surface area (Å²) in [6.45, 7) is 7.94. The van der Waals surface area contributed by atoms with E-state index < -0.39 is 9.75 Å². The zero-order chi connectivity index (χ0) is 21.6. The Bertz CT molecular complexity index is 1010. The number of nitrogens with zero attached hydrogens (tertiary/aromatic N) is 4. The van der Waals surface area contributed by atoms with Crippen molar-refractivity contribution in [2.75, 3.05) is 14.1 Å². The summed E-state index contributed by atoms with van der Waals surface area (Å²) in [7, 11) is 3.85. The molecule has 0 bridgehead atoms. The number of rotatable bonds is 6. The minimum atomic E-state index is -0.919. The molecule has 154 valence electrons. The van der Waals surface area contributed by atoms with E-state index in [1.807, 2.05) is 58.8 Å². The molecule has 0 radical (unpaired) electrons. The lowest BCUT2D eigenvalue weighted by Crippen LogP contribution is -2.16. The van der Waals surface area contributed by atoms with E-state index in [2.05, 4.69) is 15.4 Å². The largest absolute Gasteiger partial charge is 0.443 e. The van der Waals surface area contributed by atoms with Crippen LogP contribution in [0.2, 0.25) is 0 Å². The van der Waals surface area contributed by atoms with Crippen molar-refractivity contribution in [3.05, 3.63) is 34.5 Å². The van der Waals surface area contributed by atoms with Crippen LogP contribution in [0.1, 0.15) is 42.7 Å². The first-order valence-corrected chi connectivity index (χ1v) is 10.9. The highest BCUT2D eigenvalue weighted by molar-refractivity contribution is 7.08. The minimum absolute atomic E-state index is 0.0169. The zero-order valence-corrected chi connectivity index (χ0v) is 19.7. The number of aromatic nitrogens is 1. The highest BCUT2D eigenvalue weighted by Crippen LogP contribution is 2.71. The number of nitriles is 1. The molecule has 2 aromatic rings. The van der Waals surface area contributed by atoms with Crippen LogP contribution in [0.3, 0.4) is 0 Å². The third-order valence-electron chi connectivity index (χ3n) is 5.67. The molecule has 0 spiro atoms. The molecule has 2 atom stereocenters.